The summed E-state index contributed by atoms with van der Waals surface area (Å²) in [6, 6.07) is 11.5. The molecule has 0 saturated carbocycles. The van der Waals surface area contributed by atoms with Gasteiger partial charge in [0.2, 0.25) is 0 Å². The van der Waals surface area contributed by atoms with Gasteiger partial charge in [-0.2, -0.15) is 5.26 Å². The fourth-order valence-corrected chi connectivity index (χ4v) is 2.01. The lowest BCUT2D eigenvalue weighted by atomic mass is 10.1. The van der Waals surface area contributed by atoms with Crippen LogP contribution in [0, 0.1) is 17.1 Å². The minimum absolute atomic E-state index is 0.268. The molecule has 0 aliphatic heterocycles. The van der Waals surface area contributed by atoms with Crippen molar-refractivity contribution in [3.8, 4) is 11.8 Å². The van der Waals surface area contributed by atoms with Gasteiger partial charge in [-0.3, -0.25) is 0 Å². The van der Waals surface area contributed by atoms with Crippen LogP contribution in [0.4, 0.5) is 10.1 Å². The van der Waals surface area contributed by atoms with Crippen LogP contribution in [0.5, 0.6) is 5.75 Å². The summed E-state index contributed by atoms with van der Waals surface area (Å²) in [5.74, 6) is 0.228. The van der Waals surface area contributed by atoms with Crippen LogP contribution >= 0.6 is 11.6 Å². The van der Waals surface area contributed by atoms with E-state index in [-0.39, 0.29) is 12.4 Å². The van der Waals surface area contributed by atoms with Gasteiger partial charge in [0.25, 0.3) is 0 Å². The number of nitriles is 1. The van der Waals surface area contributed by atoms with E-state index >= 15 is 0 Å². The first-order chi connectivity index (χ1) is 9.63. The zero-order chi connectivity index (χ0) is 14.5. The third-order valence-corrected chi connectivity index (χ3v) is 3.10. The molecule has 0 bridgehead atoms. The maximum absolute atomic E-state index is 13.6. The molecule has 2 aromatic rings. The lowest BCUT2D eigenvalue weighted by molar-refractivity contribution is 0.415. The van der Waals surface area contributed by atoms with Crippen LogP contribution in [0.2, 0.25) is 5.02 Å². The van der Waals surface area contributed by atoms with Crippen molar-refractivity contribution in [3.05, 3.63) is 58.4 Å². The van der Waals surface area contributed by atoms with E-state index < -0.39 is 0 Å². The Morgan fingerprint density at radius 2 is 2.10 bits per heavy atom. The molecule has 20 heavy (non-hydrogen) atoms. The van der Waals surface area contributed by atoms with Gasteiger partial charge in [-0.1, -0.05) is 11.6 Å². The highest BCUT2D eigenvalue weighted by molar-refractivity contribution is 6.32. The molecule has 1 N–H and O–H groups in total. The summed E-state index contributed by atoms with van der Waals surface area (Å²) in [6.07, 6.45) is 0. The van der Waals surface area contributed by atoms with Gasteiger partial charge in [-0.05, 0) is 36.4 Å². The Kier molecular flexibility index (Phi) is 4.44. The molecule has 3 nitrogen and oxygen atoms in total. The van der Waals surface area contributed by atoms with Gasteiger partial charge in [0.15, 0.2) is 0 Å². The van der Waals surface area contributed by atoms with Gasteiger partial charge >= 0.3 is 0 Å². The highest BCUT2D eigenvalue weighted by atomic mass is 35.5. The Balaban J connectivity index is 2.13. The fraction of sp³-hybridized carbons (Fsp3) is 0.133. The summed E-state index contributed by atoms with van der Waals surface area (Å²) < 4.78 is 18.7. The van der Waals surface area contributed by atoms with Crippen LogP contribution in [-0.2, 0) is 6.54 Å². The van der Waals surface area contributed by atoms with E-state index in [1.807, 2.05) is 6.07 Å². The highest BCUT2D eigenvalue weighted by Gasteiger charge is 2.05. The zero-order valence-corrected chi connectivity index (χ0v) is 11.5. The van der Waals surface area contributed by atoms with E-state index in [9.17, 15) is 4.39 Å². The third-order valence-electron chi connectivity index (χ3n) is 2.81. The summed E-state index contributed by atoms with van der Waals surface area (Å²) >= 11 is 6.01. The van der Waals surface area contributed by atoms with Gasteiger partial charge in [0.1, 0.15) is 11.6 Å². The minimum Gasteiger partial charge on any atom is -0.495 e. The van der Waals surface area contributed by atoms with E-state index in [1.165, 1.54) is 25.3 Å². The number of halogens is 2. The number of ether oxygens (including phenoxy) is 1. The van der Waals surface area contributed by atoms with Crippen molar-refractivity contribution in [2.24, 2.45) is 0 Å². The lowest BCUT2D eigenvalue weighted by Gasteiger charge is -2.10. The molecule has 2 rings (SSSR count). The summed E-state index contributed by atoms with van der Waals surface area (Å²) in [4.78, 5) is 0. The van der Waals surface area contributed by atoms with Crippen LogP contribution in [0.15, 0.2) is 36.4 Å². The van der Waals surface area contributed by atoms with Crippen molar-refractivity contribution >= 4 is 17.3 Å². The second-order valence-electron chi connectivity index (χ2n) is 4.12. The molecular weight excluding hydrogens is 279 g/mol. The van der Waals surface area contributed by atoms with E-state index in [0.717, 1.165) is 5.69 Å². The molecule has 0 aliphatic rings. The number of benzene rings is 2. The quantitative estimate of drug-likeness (QED) is 0.926. The fourth-order valence-electron chi connectivity index (χ4n) is 1.75. The van der Waals surface area contributed by atoms with E-state index in [2.05, 4.69) is 5.32 Å². The molecular formula is C15H12ClFN2O. The first-order valence-electron chi connectivity index (χ1n) is 5.90. The normalized spacial score (nSPS) is 9.90. The second kappa shape index (κ2) is 6.27. The molecule has 0 amide bonds. The van der Waals surface area contributed by atoms with Gasteiger partial charge in [0, 0.05) is 17.8 Å². The Morgan fingerprint density at radius 1 is 1.30 bits per heavy atom. The average Bonchev–Trinajstić information content (AvgIpc) is 2.46. The van der Waals surface area contributed by atoms with E-state index in [4.69, 9.17) is 21.6 Å². The van der Waals surface area contributed by atoms with Crippen molar-refractivity contribution < 1.29 is 9.13 Å². The number of nitrogens with zero attached hydrogens (tertiary/aromatic N) is 1. The number of hydrogen-bond donors (Lipinski definition) is 1. The summed E-state index contributed by atoms with van der Waals surface area (Å²) in [7, 11) is 1.54. The smallest absolute Gasteiger partial charge is 0.137 e. The predicted molar refractivity (Wildman–Crippen MR) is 76.4 cm³/mol. The molecule has 2 aromatic carbocycles. The van der Waals surface area contributed by atoms with Crippen molar-refractivity contribution in [2.75, 3.05) is 12.4 Å². The summed E-state index contributed by atoms with van der Waals surface area (Å²) in [5.41, 5.74) is 1.60. The molecule has 0 unspecified atom stereocenters. The second-order valence-corrected chi connectivity index (χ2v) is 4.53. The predicted octanol–water partition coefficient (Wildman–Crippen LogP) is 3.97. The van der Waals surface area contributed by atoms with Gasteiger partial charge < -0.3 is 10.1 Å². The van der Waals surface area contributed by atoms with Gasteiger partial charge in [-0.25, -0.2) is 4.39 Å². The van der Waals surface area contributed by atoms with Crippen LogP contribution in [-0.4, -0.2) is 7.11 Å². The Bertz CT molecular complexity index is 667. The van der Waals surface area contributed by atoms with E-state index in [0.29, 0.717) is 21.9 Å². The van der Waals surface area contributed by atoms with Crippen molar-refractivity contribution in [3.63, 3.8) is 0 Å². The molecule has 0 aliphatic carbocycles. The Morgan fingerprint density at radius 3 is 2.75 bits per heavy atom. The maximum Gasteiger partial charge on any atom is 0.137 e. The first-order valence-corrected chi connectivity index (χ1v) is 6.28. The molecule has 0 heterocycles. The van der Waals surface area contributed by atoms with Crippen LogP contribution in [0.25, 0.3) is 0 Å². The average molecular weight is 291 g/mol. The third kappa shape index (κ3) is 3.19. The Hall–Kier alpha value is -2.25. The standard InChI is InChI=1S/C15H12ClFN2O/c1-20-15-5-3-12(7-13(15)16)19-9-11-6-10(8-18)2-4-14(11)17/h2-7,19H,9H2,1H3. The molecule has 0 aromatic heterocycles. The molecule has 102 valence electrons. The lowest BCUT2D eigenvalue weighted by Crippen LogP contribution is -2.02. The zero-order valence-electron chi connectivity index (χ0n) is 10.8. The molecule has 0 radical (unpaired) electrons. The number of methoxy groups -OCH3 is 1. The number of rotatable bonds is 4. The SMILES string of the molecule is COc1ccc(NCc2cc(C#N)ccc2F)cc1Cl. The highest BCUT2D eigenvalue weighted by Crippen LogP contribution is 2.27. The summed E-state index contributed by atoms with van der Waals surface area (Å²) in [5, 5.41) is 12.3. The minimum atomic E-state index is -0.351. The summed E-state index contributed by atoms with van der Waals surface area (Å²) in [6.45, 7) is 0.268. The largest absolute Gasteiger partial charge is 0.495 e. The van der Waals surface area contributed by atoms with Crippen molar-refractivity contribution in [1.82, 2.24) is 0 Å². The molecule has 0 spiro atoms. The monoisotopic (exact) mass is 290 g/mol. The molecule has 0 atom stereocenters. The van der Waals surface area contributed by atoms with Crippen molar-refractivity contribution in [1.29, 1.82) is 5.26 Å². The van der Waals surface area contributed by atoms with Gasteiger partial charge in [-0.15, -0.1) is 0 Å². The molecule has 5 heteroatoms. The first kappa shape index (κ1) is 14.2. The molecule has 0 fully saturated rings. The van der Waals surface area contributed by atoms with Crippen molar-refractivity contribution in [2.45, 2.75) is 6.54 Å². The maximum atomic E-state index is 13.6. The van der Waals surface area contributed by atoms with Gasteiger partial charge in [0.05, 0.1) is 23.8 Å². The topological polar surface area (TPSA) is 45.0 Å². The van der Waals surface area contributed by atoms with Crippen LogP contribution < -0.4 is 10.1 Å². The Labute approximate surface area is 121 Å². The molecule has 0 saturated heterocycles. The van der Waals surface area contributed by atoms with Crippen LogP contribution in [0.3, 0.4) is 0 Å². The van der Waals surface area contributed by atoms with E-state index in [1.54, 1.807) is 18.2 Å². The number of hydrogen-bond acceptors (Lipinski definition) is 3. The van der Waals surface area contributed by atoms with Crippen LogP contribution in [0.1, 0.15) is 11.1 Å². The number of nitrogens with one attached hydrogen (secondary N) is 1. The number of anilines is 1.